The van der Waals surface area contributed by atoms with Crippen molar-refractivity contribution in [3.63, 3.8) is 0 Å². The molecule has 0 aliphatic heterocycles. The number of aryl methyl sites for hydroxylation is 1. The molecule has 0 aliphatic carbocycles. The molecule has 0 saturated carbocycles. The van der Waals surface area contributed by atoms with Gasteiger partial charge in [-0.3, -0.25) is 4.98 Å². The number of aromatic nitrogens is 3. The highest BCUT2D eigenvalue weighted by atomic mass is 35.5. The summed E-state index contributed by atoms with van der Waals surface area (Å²) in [7, 11) is 0. The molecule has 2 N–H and O–H groups in total. The van der Waals surface area contributed by atoms with E-state index in [1.165, 1.54) is 0 Å². The van der Waals surface area contributed by atoms with E-state index >= 15 is 0 Å². The molecule has 0 saturated heterocycles. The summed E-state index contributed by atoms with van der Waals surface area (Å²) >= 11 is 5.91. The zero-order chi connectivity index (χ0) is 14.1. The van der Waals surface area contributed by atoms with E-state index in [-0.39, 0.29) is 16.7 Å². The number of ether oxygens (including phenoxy) is 1. The number of hydrogen-bond acceptors (Lipinski definition) is 5. The third-order valence-electron chi connectivity index (χ3n) is 2.80. The number of nitrogens with zero attached hydrogens (tertiary/aromatic N) is 3. The number of halogens is 1. The van der Waals surface area contributed by atoms with Crippen LogP contribution in [-0.4, -0.2) is 15.0 Å². The van der Waals surface area contributed by atoms with Gasteiger partial charge in [0.25, 0.3) is 0 Å². The molecule has 0 atom stereocenters. The number of fused-ring (bicyclic) bond motifs is 1. The number of benzene rings is 1. The Morgan fingerprint density at radius 2 is 2.00 bits per heavy atom. The SMILES string of the molecule is Cc1nc(Cl)c(N)c(Oc2ccc3ccncc3c2)n1. The van der Waals surface area contributed by atoms with Crippen LogP contribution in [0.1, 0.15) is 5.82 Å². The van der Waals surface area contributed by atoms with Crippen LogP contribution in [0.5, 0.6) is 11.6 Å². The third-order valence-corrected chi connectivity index (χ3v) is 3.09. The van der Waals surface area contributed by atoms with Crippen molar-refractivity contribution in [3.8, 4) is 11.6 Å². The van der Waals surface area contributed by atoms with Gasteiger partial charge in [-0.05, 0) is 30.5 Å². The number of nitrogen functional groups attached to an aromatic ring is 1. The molecule has 100 valence electrons. The Balaban J connectivity index is 2.01. The molecule has 0 amide bonds. The summed E-state index contributed by atoms with van der Waals surface area (Å²) in [5.74, 6) is 1.37. The highest BCUT2D eigenvalue weighted by Crippen LogP contribution is 2.31. The van der Waals surface area contributed by atoms with E-state index < -0.39 is 0 Å². The molecule has 3 aromatic rings. The lowest BCUT2D eigenvalue weighted by atomic mass is 10.2. The van der Waals surface area contributed by atoms with E-state index in [4.69, 9.17) is 22.1 Å². The van der Waals surface area contributed by atoms with Gasteiger partial charge in [0.2, 0.25) is 5.88 Å². The van der Waals surface area contributed by atoms with Crippen LogP contribution >= 0.6 is 11.6 Å². The Bertz CT molecular complexity index is 791. The third kappa shape index (κ3) is 2.35. The van der Waals surface area contributed by atoms with Crippen LogP contribution in [-0.2, 0) is 0 Å². The fourth-order valence-electron chi connectivity index (χ4n) is 1.84. The summed E-state index contributed by atoms with van der Waals surface area (Å²) < 4.78 is 5.69. The summed E-state index contributed by atoms with van der Waals surface area (Å²) in [6.07, 6.45) is 3.51. The van der Waals surface area contributed by atoms with E-state index in [1.54, 1.807) is 19.3 Å². The first-order chi connectivity index (χ1) is 9.63. The molecule has 20 heavy (non-hydrogen) atoms. The minimum absolute atomic E-state index is 0.190. The number of hydrogen-bond donors (Lipinski definition) is 1. The molecule has 0 radical (unpaired) electrons. The van der Waals surface area contributed by atoms with Gasteiger partial charge in [0.1, 0.15) is 17.3 Å². The molecule has 0 spiro atoms. The lowest BCUT2D eigenvalue weighted by Crippen LogP contribution is -2.00. The minimum Gasteiger partial charge on any atom is -0.437 e. The smallest absolute Gasteiger partial charge is 0.247 e. The van der Waals surface area contributed by atoms with Crippen molar-refractivity contribution in [3.05, 3.63) is 47.6 Å². The number of pyridine rings is 1. The monoisotopic (exact) mass is 286 g/mol. The van der Waals surface area contributed by atoms with Crippen LogP contribution in [0.15, 0.2) is 36.7 Å². The van der Waals surface area contributed by atoms with Gasteiger partial charge in [0.05, 0.1) is 0 Å². The first-order valence-corrected chi connectivity index (χ1v) is 6.32. The number of anilines is 1. The Hall–Kier alpha value is -2.40. The van der Waals surface area contributed by atoms with E-state index in [1.807, 2.05) is 24.3 Å². The molecule has 3 rings (SSSR count). The fraction of sp³-hybridized carbons (Fsp3) is 0.0714. The maximum absolute atomic E-state index is 5.91. The molecule has 2 heterocycles. The molecule has 0 fully saturated rings. The molecule has 2 aromatic heterocycles. The first kappa shape index (κ1) is 12.6. The zero-order valence-electron chi connectivity index (χ0n) is 10.7. The summed E-state index contributed by atoms with van der Waals surface area (Å²) in [4.78, 5) is 12.2. The molecule has 1 aromatic carbocycles. The molecule has 6 heteroatoms. The van der Waals surface area contributed by atoms with E-state index in [9.17, 15) is 0 Å². The van der Waals surface area contributed by atoms with Crippen LogP contribution in [0.4, 0.5) is 5.69 Å². The van der Waals surface area contributed by atoms with Crippen molar-refractivity contribution >= 4 is 28.1 Å². The van der Waals surface area contributed by atoms with Crippen LogP contribution in [0.3, 0.4) is 0 Å². The van der Waals surface area contributed by atoms with E-state index in [0.29, 0.717) is 11.6 Å². The second-order valence-corrected chi connectivity index (χ2v) is 4.63. The molecule has 0 unspecified atom stereocenters. The van der Waals surface area contributed by atoms with Crippen LogP contribution in [0.25, 0.3) is 10.8 Å². The van der Waals surface area contributed by atoms with Gasteiger partial charge in [0.15, 0.2) is 5.15 Å². The lowest BCUT2D eigenvalue weighted by molar-refractivity contribution is 0.463. The molecule has 0 aliphatic rings. The predicted octanol–water partition coefficient (Wildman–Crippen LogP) is 3.36. The van der Waals surface area contributed by atoms with Crippen LogP contribution in [0.2, 0.25) is 5.15 Å². The van der Waals surface area contributed by atoms with Crippen molar-refractivity contribution in [2.24, 2.45) is 0 Å². The van der Waals surface area contributed by atoms with Gasteiger partial charge in [-0.2, -0.15) is 4.98 Å². The number of nitrogens with two attached hydrogens (primary N) is 1. The van der Waals surface area contributed by atoms with Gasteiger partial charge >= 0.3 is 0 Å². The van der Waals surface area contributed by atoms with Crippen molar-refractivity contribution in [2.45, 2.75) is 6.92 Å². The van der Waals surface area contributed by atoms with Gasteiger partial charge < -0.3 is 10.5 Å². The van der Waals surface area contributed by atoms with Gasteiger partial charge in [0, 0.05) is 17.8 Å². The topological polar surface area (TPSA) is 73.9 Å². The predicted molar refractivity (Wildman–Crippen MR) is 78.0 cm³/mol. The second-order valence-electron chi connectivity index (χ2n) is 4.27. The summed E-state index contributed by atoms with van der Waals surface area (Å²) in [5, 5.41) is 2.24. The highest BCUT2D eigenvalue weighted by Gasteiger charge is 2.10. The quantitative estimate of drug-likeness (QED) is 0.731. The molecule has 5 nitrogen and oxygen atoms in total. The normalized spacial score (nSPS) is 10.7. The Labute approximate surface area is 120 Å². The molecule has 0 bridgehead atoms. The largest absolute Gasteiger partial charge is 0.437 e. The minimum atomic E-state index is 0.190. The maximum atomic E-state index is 5.91. The molecular formula is C14H11ClN4O. The van der Waals surface area contributed by atoms with E-state index in [0.717, 1.165) is 10.8 Å². The van der Waals surface area contributed by atoms with Crippen molar-refractivity contribution in [1.29, 1.82) is 0 Å². The zero-order valence-corrected chi connectivity index (χ0v) is 11.4. The average molecular weight is 287 g/mol. The Kier molecular flexibility index (Phi) is 3.12. The highest BCUT2D eigenvalue weighted by molar-refractivity contribution is 6.32. The van der Waals surface area contributed by atoms with E-state index in [2.05, 4.69) is 15.0 Å². The maximum Gasteiger partial charge on any atom is 0.247 e. The van der Waals surface area contributed by atoms with Gasteiger partial charge in [-0.1, -0.05) is 17.7 Å². The second kappa shape index (κ2) is 4.94. The average Bonchev–Trinajstić information content (AvgIpc) is 2.44. The first-order valence-electron chi connectivity index (χ1n) is 5.95. The fourth-order valence-corrected chi connectivity index (χ4v) is 2.04. The number of rotatable bonds is 2. The Morgan fingerprint density at radius 1 is 1.15 bits per heavy atom. The van der Waals surface area contributed by atoms with Gasteiger partial charge in [-0.15, -0.1) is 0 Å². The standard InChI is InChI=1S/C14H11ClN4O/c1-8-18-13(15)12(16)14(19-8)20-11-3-2-9-4-5-17-7-10(9)6-11/h2-7H,16H2,1H3. The van der Waals surface area contributed by atoms with Crippen LogP contribution in [0, 0.1) is 6.92 Å². The van der Waals surface area contributed by atoms with Gasteiger partial charge in [-0.25, -0.2) is 4.98 Å². The van der Waals surface area contributed by atoms with Crippen molar-refractivity contribution in [2.75, 3.05) is 5.73 Å². The summed E-state index contributed by atoms with van der Waals surface area (Å²) in [5.41, 5.74) is 6.04. The lowest BCUT2D eigenvalue weighted by Gasteiger charge is -2.09. The van der Waals surface area contributed by atoms with Crippen molar-refractivity contribution < 1.29 is 4.74 Å². The van der Waals surface area contributed by atoms with Crippen molar-refractivity contribution in [1.82, 2.24) is 15.0 Å². The Morgan fingerprint density at radius 3 is 2.85 bits per heavy atom. The van der Waals surface area contributed by atoms with Crippen LogP contribution < -0.4 is 10.5 Å². The molecular weight excluding hydrogens is 276 g/mol. The summed E-state index contributed by atoms with van der Waals surface area (Å²) in [6, 6.07) is 7.58. The summed E-state index contributed by atoms with van der Waals surface area (Å²) in [6.45, 7) is 1.72.